The van der Waals surface area contributed by atoms with Gasteiger partial charge in [0.2, 0.25) is 11.8 Å². The summed E-state index contributed by atoms with van der Waals surface area (Å²) in [7, 11) is -5.47. The quantitative estimate of drug-likeness (QED) is 0.247. The molecular formula is C20H20F3N5O6S3. The van der Waals surface area contributed by atoms with Gasteiger partial charge in [-0.05, 0) is 17.7 Å². The number of rotatable bonds is 11. The van der Waals surface area contributed by atoms with E-state index in [0.29, 0.717) is 26.8 Å². The van der Waals surface area contributed by atoms with Crippen LogP contribution < -0.4 is 16.4 Å². The van der Waals surface area contributed by atoms with Crippen LogP contribution in [0.15, 0.2) is 34.5 Å². The number of aliphatic hydroxyl groups excluding tert-OH is 1. The zero-order valence-electron chi connectivity index (χ0n) is 18.7. The lowest BCUT2D eigenvalue weighted by molar-refractivity contribution is -0.125. The van der Waals surface area contributed by atoms with Crippen molar-refractivity contribution in [2.24, 2.45) is 5.73 Å². The minimum Gasteiger partial charge on any atom is -0.389 e. The lowest BCUT2D eigenvalue weighted by Gasteiger charge is -2.08. The molecule has 0 radical (unpaired) electrons. The lowest BCUT2D eigenvalue weighted by atomic mass is 10.1. The minimum absolute atomic E-state index is 0.0396. The van der Waals surface area contributed by atoms with E-state index < -0.39 is 32.1 Å². The van der Waals surface area contributed by atoms with Gasteiger partial charge in [-0.3, -0.25) is 9.59 Å². The molecule has 200 valence electrons. The van der Waals surface area contributed by atoms with Gasteiger partial charge < -0.3 is 26.2 Å². The SMILES string of the molecule is NCOCC(=O)NCc1nc(CO)sc1-c1csc(NC(=O)Cc2ccc(S(=O)(=O)C(F)(F)F)cc2)n1. The first-order valence-corrected chi connectivity index (χ1v) is 13.4. The molecule has 2 heterocycles. The van der Waals surface area contributed by atoms with Crippen molar-refractivity contribution in [3.05, 3.63) is 45.9 Å². The number of sulfone groups is 1. The molecule has 0 bridgehead atoms. The van der Waals surface area contributed by atoms with Gasteiger partial charge in [-0.1, -0.05) is 12.1 Å². The Balaban J connectivity index is 1.66. The fraction of sp³-hybridized carbons (Fsp3) is 0.300. The van der Waals surface area contributed by atoms with Crippen LogP contribution in [0.5, 0.6) is 0 Å². The Bertz CT molecular complexity index is 1360. The summed E-state index contributed by atoms with van der Waals surface area (Å²) in [4.78, 5) is 32.4. The van der Waals surface area contributed by atoms with Crippen molar-refractivity contribution in [2.45, 2.75) is 30.0 Å². The maximum atomic E-state index is 12.7. The Morgan fingerprint density at radius 3 is 2.46 bits per heavy atom. The van der Waals surface area contributed by atoms with E-state index in [9.17, 15) is 36.3 Å². The zero-order valence-corrected chi connectivity index (χ0v) is 21.2. The highest BCUT2D eigenvalue weighted by Crippen LogP contribution is 2.33. The first-order valence-electron chi connectivity index (χ1n) is 10.2. The molecule has 2 amide bonds. The van der Waals surface area contributed by atoms with E-state index in [2.05, 4.69) is 20.6 Å². The minimum atomic E-state index is -5.47. The molecule has 0 unspecified atom stereocenters. The molecule has 0 aliphatic carbocycles. The van der Waals surface area contributed by atoms with Crippen molar-refractivity contribution in [1.29, 1.82) is 0 Å². The molecule has 0 atom stereocenters. The maximum absolute atomic E-state index is 12.7. The second kappa shape index (κ2) is 12.1. The average Bonchev–Trinajstić information content (AvgIpc) is 3.47. The molecule has 5 N–H and O–H groups in total. The number of hydrogen-bond acceptors (Lipinski definition) is 11. The van der Waals surface area contributed by atoms with Crippen LogP contribution in [-0.4, -0.2) is 54.2 Å². The normalized spacial score (nSPS) is 11.9. The van der Waals surface area contributed by atoms with Crippen LogP contribution in [0.4, 0.5) is 18.3 Å². The Labute approximate surface area is 216 Å². The van der Waals surface area contributed by atoms with Gasteiger partial charge >= 0.3 is 5.51 Å². The van der Waals surface area contributed by atoms with Crippen LogP contribution in [-0.2, 0) is 43.7 Å². The molecule has 0 aliphatic heterocycles. The predicted molar refractivity (Wildman–Crippen MR) is 128 cm³/mol. The van der Waals surface area contributed by atoms with Crippen molar-refractivity contribution in [2.75, 3.05) is 18.7 Å². The summed E-state index contributed by atoms with van der Waals surface area (Å²) in [5, 5.41) is 16.9. The Kier molecular flexibility index (Phi) is 9.32. The monoisotopic (exact) mass is 579 g/mol. The van der Waals surface area contributed by atoms with Crippen LogP contribution in [0.3, 0.4) is 0 Å². The Hall–Kier alpha value is -2.96. The largest absolute Gasteiger partial charge is 0.501 e. The lowest BCUT2D eigenvalue weighted by Crippen LogP contribution is -2.28. The maximum Gasteiger partial charge on any atom is 0.501 e. The summed E-state index contributed by atoms with van der Waals surface area (Å²) >= 11 is 2.26. The van der Waals surface area contributed by atoms with Crippen LogP contribution in [0, 0.1) is 0 Å². The van der Waals surface area contributed by atoms with Crippen LogP contribution in [0.25, 0.3) is 10.6 Å². The van der Waals surface area contributed by atoms with E-state index in [1.807, 2.05) is 0 Å². The van der Waals surface area contributed by atoms with Gasteiger partial charge in [0.05, 0.1) is 47.5 Å². The number of carbonyl (C=O) groups is 2. The number of aromatic nitrogens is 2. The van der Waals surface area contributed by atoms with Gasteiger partial charge in [-0.2, -0.15) is 13.2 Å². The molecule has 3 rings (SSSR count). The highest BCUT2D eigenvalue weighted by molar-refractivity contribution is 7.92. The standard InChI is InChI=1S/C20H20F3N5O6S3/c21-20(22,23)37(32,33)12-3-1-11(2-4-12)5-15(30)28-19-27-14(9-35-19)18-13(26-17(7-29)36-18)6-25-16(31)8-34-10-24/h1-4,9,29H,5-8,10,24H2,(H,25,31)(H,27,28,30). The van der Waals surface area contributed by atoms with E-state index in [-0.39, 0.29) is 38.0 Å². The number of thiazole rings is 2. The molecule has 0 fully saturated rings. The topological polar surface area (TPSA) is 174 Å². The molecule has 17 heteroatoms. The molecule has 0 aliphatic rings. The van der Waals surface area contributed by atoms with Gasteiger partial charge in [0.1, 0.15) is 11.6 Å². The highest BCUT2D eigenvalue weighted by atomic mass is 32.2. The number of nitrogens with two attached hydrogens (primary N) is 1. The third-order valence-electron chi connectivity index (χ3n) is 4.57. The Morgan fingerprint density at radius 2 is 1.84 bits per heavy atom. The molecule has 0 spiro atoms. The summed E-state index contributed by atoms with van der Waals surface area (Å²) in [6, 6.07) is 3.83. The summed E-state index contributed by atoms with van der Waals surface area (Å²) < 4.78 is 65.7. The molecule has 3 aromatic rings. The summed E-state index contributed by atoms with van der Waals surface area (Å²) in [5.74, 6) is -0.940. The summed E-state index contributed by atoms with van der Waals surface area (Å²) in [6.07, 6.45) is -0.237. The number of carbonyl (C=O) groups excluding carboxylic acids is 2. The first kappa shape index (κ1) is 28.6. The number of nitrogens with one attached hydrogen (secondary N) is 2. The first-order chi connectivity index (χ1) is 17.4. The van der Waals surface area contributed by atoms with Gasteiger partial charge in [-0.15, -0.1) is 22.7 Å². The van der Waals surface area contributed by atoms with Gasteiger partial charge in [0.15, 0.2) is 5.13 Å². The van der Waals surface area contributed by atoms with E-state index in [4.69, 9.17) is 10.5 Å². The summed E-state index contributed by atoms with van der Waals surface area (Å²) in [6.45, 7) is -0.615. The van der Waals surface area contributed by atoms with E-state index in [1.54, 1.807) is 5.38 Å². The predicted octanol–water partition coefficient (Wildman–Crippen LogP) is 1.78. The molecular weight excluding hydrogens is 559 g/mol. The highest BCUT2D eigenvalue weighted by Gasteiger charge is 2.46. The molecule has 37 heavy (non-hydrogen) atoms. The van der Waals surface area contributed by atoms with Crippen molar-refractivity contribution in [1.82, 2.24) is 15.3 Å². The van der Waals surface area contributed by atoms with E-state index in [0.717, 1.165) is 46.9 Å². The molecule has 11 nitrogen and oxygen atoms in total. The van der Waals surface area contributed by atoms with Gasteiger partial charge in [0.25, 0.3) is 9.84 Å². The average molecular weight is 580 g/mol. The third-order valence-corrected chi connectivity index (χ3v) is 7.93. The number of aliphatic hydroxyl groups is 1. The van der Waals surface area contributed by atoms with E-state index >= 15 is 0 Å². The number of anilines is 1. The van der Waals surface area contributed by atoms with Crippen molar-refractivity contribution >= 4 is 49.5 Å². The molecule has 1 aromatic carbocycles. The van der Waals surface area contributed by atoms with E-state index in [1.165, 1.54) is 0 Å². The van der Waals surface area contributed by atoms with Crippen molar-refractivity contribution in [3.8, 4) is 10.6 Å². The molecule has 2 aromatic heterocycles. The van der Waals surface area contributed by atoms with Gasteiger partial charge in [-0.25, -0.2) is 18.4 Å². The second-order valence-electron chi connectivity index (χ2n) is 7.19. The van der Waals surface area contributed by atoms with Crippen LogP contribution in [0.1, 0.15) is 16.3 Å². The fourth-order valence-corrected chi connectivity index (χ4v) is 5.33. The fourth-order valence-electron chi connectivity index (χ4n) is 2.88. The Morgan fingerprint density at radius 1 is 1.14 bits per heavy atom. The van der Waals surface area contributed by atoms with Crippen molar-refractivity contribution < 1.29 is 41.0 Å². The van der Waals surface area contributed by atoms with Crippen molar-refractivity contribution in [3.63, 3.8) is 0 Å². The number of nitrogens with zero attached hydrogens (tertiary/aromatic N) is 2. The van der Waals surface area contributed by atoms with Gasteiger partial charge in [0, 0.05) is 5.38 Å². The van der Waals surface area contributed by atoms with Crippen LogP contribution in [0.2, 0.25) is 0 Å². The third kappa shape index (κ3) is 7.30. The molecule has 0 saturated heterocycles. The number of hydrogen-bond donors (Lipinski definition) is 4. The molecule has 0 saturated carbocycles. The smallest absolute Gasteiger partial charge is 0.389 e. The second-order valence-corrected chi connectivity index (χ2v) is 11.1. The number of halogens is 3. The summed E-state index contributed by atoms with van der Waals surface area (Å²) in [5.41, 5.74) is 0.953. The number of ether oxygens (including phenoxy) is 1. The number of benzene rings is 1. The number of alkyl halides is 3. The zero-order chi connectivity index (χ0) is 27.2. The van der Waals surface area contributed by atoms with Crippen LogP contribution >= 0.6 is 22.7 Å². The number of amides is 2.